The molecule has 1 heterocycles. The number of nitrogens with zero attached hydrogens (tertiary/aromatic N) is 1. The maximum atomic E-state index is 12.3. The summed E-state index contributed by atoms with van der Waals surface area (Å²) in [4.78, 5) is 12.3. The number of aryl methyl sites for hydroxylation is 1. The van der Waals surface area contributed by atoms with Gasteiger partial charge in [-0.15, -0.1) is 0 Å². The normalized spacial score (nSPS) is 20.8. The highest BCUT2D eigenvalue weighted by atomic mass is 35.5. The monoisotopic (exact) mass is 290 g/mol. The standard InChI is InChI=1S/C15H15ClN2O2/c1-18-8-10(16)7-12(18)15(20)17-14-11-5-3-2-4-9(11)6-13(14)19/h2-5,7-8,13-14,19H,6H2,1H3,(H,17,20). The summed E-state index contributed by atoms with van der Waals surface area (Å²) >= 11 is 5.89. The van der Waals surface area contributed by atoms with E-state index in [9.17, 15) is 9.90 Å². The van der Waals surface area contributed by atoms with Gasteiger partial charge in [0.25, 0.3) is 5.91 Å². The van der Waals surface area contributed by atoms with Crippen molar-refractivity contribution in [2.24, 2.45) is 7.05 Å². The second-order valence-corrected chi connectivity index (χ2v) is 5.51. The lowest BCUT2D eigenvalue weighted by Crippen LogP contribution is -2.34. The smallest absolute Gasteiger partial charge is 0.268 e. The maximum absolute atomic E-state index is 12.3. The number of hydrogen-bond acceptors (Lipinski definition) is 2. The van der Waals surface area contributed by atoms with Gasteiger partial charge in [0.2, 0.25) is 0 Å². The molecule has 0 fully saturated rings. The van der Waals surface area contributed by atoms with Crippen LogP contribution < -0.4 is 5.32 Å². The van der Waals surface area contributed by atoms with E-state index in [-0.39, 0.29) is 11.9 Å². The van der Waals surface area contributed by atoms with Crippen molar-refractivity contribution in [3.05, 3.63) is 58.4 Å². The van der Waals surface area contributed by atoms with E-state index in [1.165, 1.54) is 0 Å². The van der Waals surface area contributed by atoms with Crippen LogP contribution in [0.15, 0.2) is 36.5 Å². The predicted octanol–water partition coefficient (Wildman–Crippen LogP) is 2.07. The van der Waals surface area contributed by atoms with Gasteiger partial charge in [0.15, 0.2) is 0 Å². The molecule has 5 heteroatoms. The number of carbonyl (C=O) groups excluding carboxylic acids is 1. The summed E-state index contributed by atoms with van der Waals surface area (Å²) in [5, 5.41) is 13.5. The van der Waals surface area contributed by atoms with Crippen LogP contribution in [0.2, 0.25) is 5.02 Å². The van der Waals surface area contributed by atoms with Gasteiger partial charge < -0.3 is 15.0 Å². The van der Waals surface area contributed by atoms with Crippen LogP contribution in [0.4, 0.5) is 0 Å². The summed E-state index contributed by atoms with van der Waals surface area (Å²) in [6.07, 6.45) is 1.65. The van der Waals surface area contributed by atoms with Gasteiger partial charge in [-0.1, -0.05) is 35.9 Å². The molecule has 2 aromatic rings. The molecule has 2 atom stereocenters. The van der Waals surface area contributed by atoms with Crippen LogP contribution in [0.25, 0.3) is 0 Å². The molecule has 104 valence electrons. The molecule has 0 saturated carbocycles. The fraction of sp³-hybridized carbons (Fsp3) is 0.267. The zero-order chi connectivity index (χ0) is 14.3. The molecule has 2 N–H and O–H groups in total. The number of aliphatic hydroxyl groups excluding tert-OH is 1. The Labute approximate surface area is 122 Å². The molecule has 0 radical (unpaired) electrons. The number of rotatable bonds is 2. The third-order valence-corrected chi connectivity index (χ3v) is 3.90. The fourth-order valence-corrected chi connectivity index (χ4v) is 2.96. The Morgan fingerprint density at radius 1 is 1.45 bits per heavy atom. The zero-order valence-electron chi connectivity index (χ0n) is 11.0. The summed E-state index contributed by atoms with van der Waals surface area (Å²) in [6.45, 7) is 0. The van der Waals surface area contributed by atoms with Crippen LogP contribution in [0, 0.1) is 0 Å². The van der Waals surface area contributed by atoms with Crippen molar-refractivity contribution >= 4 is 17.5 Å². The van der Waals surface area contributed by atoms with Crippen molar-refractivity contribution in [1.29, 1.82) is 0 Å². The summed E-state index contributed by atoms with van der Waals surface area (Å²) < 4.78 is 1.67. The topological polar surface area (TPSA) is 54.3 Å². The number of amides is 1. The van der Waals surface area contributed by atoms with Gasteiger partial charge in [-0.3, -0.25) is 4.79 Å². The minimum atomic E-state index is -0.591. The number of halogens is 1. The molecule has 20 heavy (non-hydrogen) atoms. The first-order chi connectivity index (χ1) is 9.56. The first kappa shape index (κ1) is 13.2. The average molecular weight is 291 g/mol. The van der Waals surface area contributed by atoms with Crippen LogP contribution in [0.1, 0.15) is 27.7 Å². The highest BCUT2D eigenvalue weighted by Gasteiger charge is 2.32. The fourth-order valence-electron chi connectivity index (χ4n) is 2.71. The van der Waals surface area contributed by atoms with Crippen LogP contribution in [0.5, 0.6) is 0 Å². The van der Waals surface area contributed by atoms with E-state index < -0.39 is 6.10 Å². The highest BCUT2D eigenvalue weighted by Crippen LogP contribution is 2.31. The van der Waals surface area contributed by atoms with E-state index in [1.807, 2.05) is 24.3 Å². The predicted molar refractivity (Wildman–Crippen MR) is 76.8 cm³/mol. The number of aliphatic hydroxyl groups is 1. The molecule has 1 aliphatic carbocycles. The molecule has 0 spiro atoms. The lowest BCUT2D eigenvalue weighted by molar-refractivity contribution is 0.0850. The van der Waals surface area contributed by atoms with Crippen molar-refractivity contribution < 1.29 is 9.90 Å². The molecule has 1 aromatic heterocycles. The molecule has 1 aliphatic rings. The number of aromatic nitrogens is 1. The van der Waals surface area contributed by atoms with Crippen LogP contribution in [-0.4, -0.2) is 21.7 Å². The first-order valence-electron chi connectivity index (χ1n) is 6.45. The SMILES string of the molecule is Cn1cc(Cl)cc1C(=O)NC1c2ccccc2CC1O. The Morgan fingerprint density at radius 2 is 2.20 bits per heavy atom. The molecular weight excluding hydrogens is 276 g/mol. The summed E-state index contributed by atoms with van der Waals surface area (Å²) in [6, 6.07) is 9.01. The van der Waals surface area contributed by atoms with Crippen molar-refractivity contribution in [3.8, 4) is 0 Å². The summed E-state index contributed by atoms with van der Waals surface area (Å²) in [5.74, 6) is -0.236. The van der Waals surface area contributed by atoms with Gasteiger partial charge >= 0.3 is 0 Å². The van der Waals surface area contributed by atoms with Crippen LogP contribution in [0.3, 0.4) is 0 Å². The molecule has 0 saturated heterocycles. The van der Waals surface area contributed by atoms with Gasteiger partial charge in [-0.25, -0.2) is 0 Å². The van der Waals surface area contributed by atoms with E-state index >= 15 is 0 Å². The minimum Gasteiger partial charge on any atom is -0.390 e. The highest BCUT2D eigenvalue weighted by molar-refractivity contribution is 6.31. The number of nitrogens with one attached hydrogen (secondary N) is 1. The number of benzene rings is 1. The van der Waals surface area contributed by atoms with Gasteiger partial charge in [-0.05, 0) is 17.2 Å². The molecule has 0 bridgehead atoms. The van der Waals surface area contributed by atoms with Gasteiger partial charge in [0.05, 0.1) is 17.2 Å². The van der Waals surface area contributed by atoms with E-state index in [4.69, 9.17) is 11.6 Å². The van der Waals surface area contributed by atoms with Crippen molar-refractivity contribution in [1.82, 2.24) is 9.88 Å². The Bertz CT molecular complexity index is 666. The molecule has 2 unspecified atom stereocenters. The van der Waals surface area contributed by atoms with Gasteiger partial charge in [-0.2, -0.15) is 0 Å². The average Bonchev–Trinajstić information content (AvgIpc) is 2.90. The van der Waals surface area contributed by atoms with Gasteiger partial charge in [0.1, 0.15) is 5.69 Å². The molecule has 1 amide bonds. The van der Waals surface area contributed by atoms with Crippen molar-refractivity contribution in [2.45, 2.75) is 18.6 Å². The Kier molecular flexibility index (Phi) is 3.28. The Balaban J connectivity index is 1.85. The summed E-state index contributed by atoms with van der Waals surface area (Å²) in [5.41, 5.74) is 2.54. The summed E-state index contributed by atoms with van der Waals surface area (Å²) in [7, 11) is 1.76. The minimum absolute atomic E-state index is 0.236. The van der Waals surface area contributed by atoms with Crippen LogP contribution in [-0.2, 0) is 13.5 Å². The Hall–Kier alpha value is -1.78. The second-order valence-electron chi connectivity index (χ2n) is 5.08. The van der Waals surface area contributed by atoms with Crippen molar-refractivity contribution in [3.63, 3.8) is 0 Å². The third-order valence-electron chi connectivity index (χ3n) is 3.69. The maximum Gasteiger partial charge on any atom is 0.268 e. The molecular formula is C15H15ClN2O2. The molecule has 1 aromatic carbocycles. The first-order valence-corrected chi connectivity index (χ1v) is 6.82. The number of fused-ring (bicyclic) bond motifs is 1. The number of carbonyl (C=O) groups is 1. The second kappa shape index (κ2) is 4.96. The van der Waals surface area contributed by atoms with Crippen LogP contribution >= 0.6 is 11.6 Å². The van der Waals surface area contributed by atoms with E-state index in [1.54, 1.807) is 23.9 Å². The lowest BCUT2D eigenvalue weighted by atomic mass is 10.1. The van der Waals surface area contributed by atoms with E-state index in [0.717, 1.165) is 11.1 Å². The van der Waals surface area contributed by atoms with Gasteiger partial charge in [0, 0.05) is 19.7 Å². The Morgan fingerprint density at radius 3 is 2.90 bits per heavy atom. The van der Waals surface area contributed by atoms with E-state index in [2.05, 4.69) is 5.32 Å². The molecule has 0 aliphatic heterocycles. The quantitative estimate of drug-likeness (QED) is 0.889. The van der Waals surface area contributed by atoms with Crippen molar-refractivity contribution in [2.75, 3.05) is 0 Å². The molecule has 4 nitrogen and oxygen atoms in total. The van der Waals surface area contributed by atoms with E-state index in [0.29, 0.717) is 17.1 Å². The lowest BCUT2D eigenvalue weighted by Gasteiger charge is -2.18. The molecule has 3 rings (SSSR count). The number of hydrogen-bond donors (Lipinski definition) is 2. The largest absolute Gasteiger partial charge is 0.390 e. The third kappa shape index (κ3) is 2.21. The zero-order valence-corrected chi connectivity index (χ0v) is 11.8.